The number of benzene rings is 1. The summed E-state index contributed by atoms with van der Waals surface area (Å²) in [7, 11) is 0. The molecule has 0 radical (unpaired) electrons. The van der Waals surface area contributed by atoms with Gasteiger partial charge in [0, 0.05) is 16.9 Å². The molecule has 0 spiro atoms. The third-order valence-electron chi connectivity index (χ3n) is 4.14. The van der Waals surface area contributed by atoms with Gasteiger partial charge in [-0.05, 0) is 54.3 Å². The Bertz CT molecular complexity index is 997. The first-order valence-corrected chi connectivity index (χ1v) is 9.22. The number of aromatic nitrogens is 2. The van der Waals surface area contributed by atoms with Gasteiger partial charge in [-0.3, -0.25) is 4.79 Å². The number of hydrogen-bond acceptors (Lipinski definition) is 5. The van der Waals surface area contributed by atoms with E-state index in [9.17, 15) is 4.79 Å². The van der Waals surface area contributed by atoms with Crippen molar-refractivity contribution in [3.63, 3.8) is 0 Å². The summed E-state index contributed by atoms with van der Waals surface area (Å²) in [5, 5.41) is 12.5. The lowest BCUT2D eigenvalue weighted by atomic mass is 10.1. The largest absolute Gasteiger partial charge is 0.481 e. The second kappa shape index (κ2) is 8.71. The Morgan fingerprint density at radius 1 is 1.25 bits per heavy atom. The molecule has 0 bridgehead atoms. The predicted octanol–water partition coefficient (Wildman–Crippen LogP) is 5.05. The zero-order valence-corrected chi connectivity index (χ0v) is 16.2. The molecule has 0 aliphatic heterocycles. The molecule has 6 nitrogen and oxygen atoms in total. The van der Waals surface area contributed by atoms with Crippen LogP contribution in [0.2, 0.25) is 5.22 Å². The Hall–Kier alpha value is -3.12. The minimum absolute atomic E-state index is 0.0150. The van der Waals surface area contributed by atoms with Gasteiger partial charge < -0.3 is 14.8 Å². The molecule has 1 aromatic carbocycles. The fraction of sp³-hybridized carbons (Fsp3) is 0.190. The Morgan fingerprint density at radius 2 is 2.00 bits per heavy atom. The number of rotatable bonds is 8. The van der Waals surface area contributed by atoms with Crippen molar-refractivity contribution in [3.8, 4) is 11.6 Å². The molecule has 2 heterocycles. The fourth-order valence-electron chi connectivity index (χ4n) is 2.85. The van der Waals surface area contributed by atoms with Gasteiger partial charge in [0.1, 0.15) is 5.82 Å². The highest BCUT2D eigenvalue weighted by atomic mass is 35.5. The van der Waals surface area contributed by atoms with E-state index >= 15 is 0 Å². The average Bonchev–Trinajstić information content (AvgIpc) is 3.10. The maximum atomic E-state index is 10.8. The van der Waals surface area contributed by atoms with E-state index in [1.807, 2.05) is 25.1 Å². The Morgan fingerprint density at radius 3 is 2.57 bits per heavy atom. The van der Waals surface area contributed by atoms with Crippen molar-refractivity contribution in [2.24, 2.45) is 0 Å². The van der Waals surface area contributed by atoms with Crippen molar-refractivity contribution in [1.29, 1.82) is 0 Å². The fourth-order valence-corrected chi connectivity index (χ4v) is 2.99. The van der Waals surface area contributed by atoms with Crippen molar-refractivity contribution < 1.29 is 14.3 Å². The van der Waals surface area contributed by atoms with Crippen molar-refractivity contribution in [3.05, 3.63) is 71.1 Å². The van der Waals surface area contributed by atoms with Crippen molar-refractivity contribution in [2.75, 3.05) is 5.32 Å². The zero-order chi connectivity index (χ0) is 20.1. The molecule has 3 aromatic rings. The van der Waals surface area contributed by atoms with E-state index < -0.39 is 5.97 Å². The number of halogens is 1. The lowest BCUT2D eigenvalue weighted by Gasteiger charge is -2.15. The molecule has 0 aliphatic carbocycles. The van der Waals surface area contributed by atoms with Crippen LogP contribution in [0.5, 0.6) is 0 Å². The van der Waals surface area contributed by atoms with Crippen LogP contribution in [0.4, 0.5) is 11.5 Å². The number of aliphatic carboxylic acids is 1. The smallest absolute Gasteiger partial charge is 0.307 e. The molecule has 7 heteroatoms. The summed E-state index contributed by atoms with van der Waals surface area (Å²) < 4.78 is 5.46. The lowest BCUT2D eigenvalue weighted by Crippen LogP contribution is -2.07. The van der Waals surface area contributed by atoms with Gasteiger partial charge in [-0.25, -0.2) is 9.97 Å². The number of anilines is 2. The highest BCUT2D eigenvalue weighted by Gasteiger charge is 2.16. The van der Waals surface area contributed by atoms with Gasteiger partial charge in [-0.1, -0.05) is 25.1 Å². The highest BCUT2D eigenvalue weighted by Crippen LogP contribution is 2.28. The van der Waals surface area contributed by atoms with Gasteiger partial charge in [0.05, 0.1) is 6.42 Å². The maximum Gasteiger partial charge on any atom is 0.307 e. The molecule has 2 N–H and O–H groups in total. The number of carboxylic acid groups (broad SMARTS) is 1. The zero-order valence-electron chi connectivity index (χ0n) is 15.4. The number of nitrogens with zero attached hydrogens (tertiary/aromatic N) is 2. The third-order valence-corrected chi connectivity index (χ3v) is 4.34. The quantitative estimate of drug-likeness (QED) is 0.517. The van der Waals surface area contributed by atoms with Crippen molar-refractivity contribution in [1.82, 2.24) is 9.97 Å². The van der Waals surface area contributed by atoms with E-state index in [1.54, 1.807) is 24.3 Å². The number of carbonyl (C=O) groups is 1. The van der Waals surface area contributed by atoms with E-state index in [0.717, 1.165) is 28.9 Å². The van der Waals surface area contributed by atoms with Crippen molar-refractivity contribution >= 4 is 29.1 Å². The first kappa shape index (κ1) is 19.6. The SMILES string of the molecule is C=CCc1c(CC)nc(-c2ccc(Cl)o2)nc1Nc1ccc(CC(=O)O)cc1. The van der Waals surface area contributed by atoms with Crippen LogP contribution in [0.15, 0.2) is 53.5 Å². The van der Waals surface area contributed by atoms with Crippen LogP contribution in [0.3, 0.4) is 0 Å². The van der Waals surface area contributed by atoms with Gasteiger partial charge in [0.25, 0.3) is 0 Å². The molecule has 0 atom stereocenters. The van der Waals surface area contributed by atoms with Crippen LogP contribution in [0, 0.1) is 0 Å². The summed E-state index contributed by atoms with van der Waals surface area (Å²) >= 11 is 5.89. The van der Waals surface area contributed by atoms with Gasteiger partial charge in [0.2, 0.25) is 0 Å². The summed E-state index contributed by atoms with van der Waals surface area (Å²) in [5.74, 6) is 0.727. The Balaban J connectivity index is 1.99. The maximum absolute atomic E-state index is 10.8. The van der Waals surface area contributed by atoms with Crippen LogP contribution in [-0.4, -0.2) is 21.0 Å². The topological polar surface area (TPSA) is 88.3 Å². The molecule has 28 heavy (non-hydrogen) atoms. The lowest BCUT2D eigenvalue weighted by molar-refractivity contribution is -0.136. The minimum atomic E-state index is -0.862. The molecule has 144 valence electrons. The first-order valence-electron chi connectivity index (χ1n) is 8.84. The Kier molecular flexibility index (Phi) is 6.11. The summed E-state index contributed by atoms with van der Waals surface area (Å²) in [4.78, 5) is 20.1. The number of carboxylic acids is 1. The minimum Gasteiger partial charge on any atom is -0.481 e. The van der Waals surface area contributed by atoms with Crippen LogP contribution in [-0.2, 0) is 24.1 Å². The summed E-state index contributed by atoms with van der Waals surface area (Å²) in [6.45, 7) is 5.85. The molecule has 0 fully saturated rings. The summed E-state index contributed by atoms with van der Waals surface area (Å²) in [6.07, 6.45) is 3.13. The summed E-state index contributed by atoms with van der Waals surface area (Å²) in [5.41, 5.74) is 3.37. The number of nitrogens with one attached hydrogen (secondary N) is 1. The molecule has 0 saturated heterocycles. The van der Waals surface area contributed by atoms with Crippen LogP contribution in [0.1, 0.15) is 23.7 Å². The summed E-state index contributed by atoms with van der Waals surface area (Å²) in [6, 6.07) is 10.6. The van der Waals surface area contributed by atoms with Crippen LogP contribution < -0.4 is 5.32 Å². The van der Waals surface area contributed by atoms with Gasteiger partial charge in [-0.15, -0.1) is 6.58 Å². The normalized spacial score (nSPS) is 10.6. The standard InChI is InChI=1S/C21H20ClN3O3/c1-3-5-15-16(4-2)24-21(17-10-11-18(22)28-17)25-20(15)23-14-8-6-13(7-9-14)12-19(26)27/h3,6-11H,1,4-5,12H2,2H3,(H,26,27)(H,23,24,25). The molecule has 3 rings (SSSR count). The average molecular weight is 398 g/mol. The van der Waals surface area contributed by atoms with Crippen LogP contribution in [0.25, 0.3) is 11.6 Å². The highest BCUT2D eigenvalue weighted by molar-refractivity contribution is 6.28. The van der Waals surface area contributed by atoms with E-state index in [0.29, 0.717) is 23.8 Å². The molecule has 0 unspecified atom stereocenters. The number of hydrogen-bond donors (Lipinski definition) is 2. The monoisotopic (exact) mass is 397 g/mol. The van der Waals surface area contributed by atoms with Gasteiger partial charge in [0.15, 0.2) is 16.8 Å². The second-order valence-electron chi connectivity index (χ2n) is 6.16. The van der Waals surface area contributed by atoms with E-state index in [4.69, 9.17) is 21.1 Å². The molecular formula is C21H20ClN3O3. The molecule has 0 amide bonds. The van der Waals surface area contributed by atoms with Gasteiger partial charge >= 0.3 is 5.97 Å². The Labute approximate surface area is 167 Å². The molecule has 2 aromatic heterocycles. The number of aryl methyl sites for hydroxylation is 1. The van der Waals surface area contributed by atoms with Crippen molar-refractivity contribution in [2.45, 2.75) is 26.2 Å². The third kappa shape index (κ3) is 4.58. The number of furan rings is 1. The van der Waals surface area contributed by atoms with E-state index in [2.05, 4.69) is 21.9 Å². The predicted molar refractivity (Wildman–Crippen MR) is 109 cm³/mol. The number of allylic oxidation sites excluding steroid dienone is 1. The molecule has 0 aliphatic rings. The van der Waals surface area contributed by atoms with E-state index in [-0.39, 0.29) is 11.6 Å². The van der Waals surface area contributed by atoms with Crippen LogP contribution >= 0.6 is 11.6 Å². The molecular weight excluding hydrogens is 378 g/mol. The molecule has 0 saturated carbocycles. The van der Waals surface area contributed by atoms with Gasteiger partial charge in [-0.2, -0.15) is 0 Å². The van der Waals surface area contributed by atoms with E-state index in [1.165, 1.54) is 0 Å². The first-order chi connectivity index (χ1) is 13.5. The second-order valence-corrected chi connectivity index (χ2v) is 6.54.